The maximum Gasteiger partial charge on any atom is 0.347 e. The zero-order valence-electron chi connectivity index (χ0n) is 17.0. The van der Waals surface area contributed by atoms with Gasteiger partial charge in [-0.2, -0.15) is 4.57 Å². The van der Waals surface area contributed by atoms with E-state index >= 15 is 0 Å². The Balaban J connectivity index is 1.92. The molecule has 1 N–H and O–H groups in total. The number of aromatic nitrogens is 1. The lowest BCUT2D eigenvalue weighted by molar-refractivity contribution is -0.601. The molecule has 0 bridgehead atoms. The molecule has 1 aromatic heterocycles. The number of unbranched alkanes of at least 4 members (excludes halogenated alkanes) is 3. The number of methoxy groups -OCH3 is 1. The Hall–Kier alpha value is -3.89. The number of hydrogen-bond acceptors (Lipinski definition) is 7. The quantitative estimate of drug-likeness (QED) is 0.189. The lowest BCUT2D eigenvalue weighted by Crippen LogP contribution is -2.32. The van der Waals surface area contributed by atoms with Crippen molar-refractivity contribution in [2.75, 3.05) is 13.7 Å². The van der Waals surface area contributed by atoms with Gasteiger partial charge in [0.2, 0.25) is 0 Å². The van der Waals surface area contributed by atoms with E-state index in [4.69, 9.17) is 0 Å². The fourth-order valence-electron chi connectivity index (χ4n) is 2.88. The predicted molar refractivity (Wildman–Crippen MR) is 109 cm³/mol. The third-order valence-electron chi connectivity index (χ3n) is 4.56. The van der Waals surface area contributed by atoms with Crippen LogP contribution in [0, 0.1) is 20.2 Å². The van der Waals surface area contributed by atoms with E-state index in [2.05, 4.69) is 10.1 Å². The third-order valence-corrected chi connectivity index (χ3v) is 4.56. The Kier molecular flexibility index (Phi) is 8.55. The van der Waals surface area contributed by atoms with Crippen LogP contribution in [0.4, 0.5) is 11.4 Å². The summed E-state index contributed by atoms with van der Waals surface area (Å²) in [5, 5.41) is 24.9. The molecular formula is C20H23N4O7+. The number of esters is 1. The third kappa shape index (κ3) is 6.84. The number of rotatable bonds is 11. The SMILES string of the molecule is COC(=O)CCCCCCNC(=O)c1cc[n+](-c2ccc([N+](=O)[O-])cc2[N+](=O)[O-])cc1. The Morgan fingerprint density at radius 3 is 2.29 bits per heavy atom. The second kappa shape index (κ2) is 11.3. The number of non-ortho nitro benzene ring substituents is 1. The van der Waals surface area contributed by atoms with Gasteiger partial charge in [-0.05, 0) is 12.8 Å². The molecule has 2 rings (SSSR count). The van der Waals surface area contributed by atoms with Gasteiger partial charge in [0, 0.05) is 37.2 Å². The van der Waals surface area contributed by atoms with Gasteiger partial charge in [-0.15, -0.1) is 0 Å². The van der Waals surface area contributed by atoms with Crippen LogP contribution in [0.3, 0.4) is 0 Å². The molecule has 0 saturated carbocycles. The molecule has 0 saturated heterocycles. The topological polar surface area (TPSA) is 146 Å². The maximum absolute atomic E-state index is 12.2. The summed E-state index contributed by atoms with van der Waals surface area (Å²) in [6, 6.07) is 6.39. The van der Waals surface area contributed by atoms with Crippen LogP contribution in [-0.4, -0.2) is 35.4 Å². The van der Waals surface area contributed by atoms with Crippen molar-refractivity contribution in [2.24, 2.45) is 0 Å². The Labute approximate surface area is 177 Å². The lowest BCUT2D eigenvalue weighted by atomic mass is 10.1. The van der Waals surface area contributed by atoms with Gasteiger partial charge in [-0.25, -0.2) is 0 Å². The van der Waals surface area contributed by atoms with Crippen LogP contribution in [0.5, 0.6) is 0 Å². The fourth-order valence-corrected chi connectivity index (χ4v) is 2.88. The number of ether oxygens (including phenoxy) is 1. The number of nitro groups is 2. The predicted octanol–water partition coefficient (Wildman–Crippen LogP) is 2.63. The summed E-state index contributed by atoms with van der Waals surface area (Å²) in [5.41, 5.74) is -0.262. The van der Waals surface area contributed by atoms with Gasteiger partial charge >= 0.3 is 11.7 Å². The lowest BCUT2D eigenvalue weighted by Gasteiger charge is -2.05. The van der Waals surface area contributed by atoms with Crippen LogP contribution >= 0.6 is 0 Å². The minimum absolute atomic E-state index is 0.148. The minimum atomic E-state index is -0.700. The van der Waals surface area contributed by atoms with Crippen LogP contribution < -0.4 is 9.88 Å². The largest absolute Gasteiger partial charge is 0.469 e. The number of carbonyl (C=O) groups is 2. The van der Waals surface area contributed by atoms with E-state index in [-0.39, 0.29) is 23.3 Å². The van der Waals surface area contributed by atoms with E-state index in [0.717, 1.165) is 31.7 Å². The van der Waals surface area contributed by atoms with Crippen LogP contribution in [0.2, 0.25) is 0 Å². The average Bonchev–Trinajstić information content (AvgIpc) is 2.77. The smallest absolute Gasteiger partial charge is 0.347 e. The highest BCUT2D eigenvalue weighted by molar-refractivity contribution is 5.93. The Morgan fingerprint density at radius 2 is 1.68 bits per heavy atom. The first-order chi connectivity index (χ1) is 14.8. The normalized spacial score (nSPS) is 10.4. The molecule has 0 atom stereocenters. The van der Waals surface area contributed by atoms with Gasteiger partial charge in [0.15, 0.2) is 12.4 Å². The zero-order chi connectivity index (χ0) is 22.8. The number of hydrogen-bond donors (Lipinski definition) is 1. The van der Waals surface area contributed by atoms with Crippen molar-refractivity contribution in [1.82, 2.24) is 5.32 Å². The average molecular weight is 431 g/mol. The van der Waals surface area contributed by atoms with E-state index in [1.165, 1.54) is 48.3 Å². The molecule has 1 heterocycles. The first-order valence-corrected chi connectivity index (χ1v) is 9.63. The molecular weight excluding hydrogens is 408 g/mol. The number of pyridine rings is 1. The van der Waals surface area contributed by atoms with Gasteiger partial charge in [0.25, 0.3) is 17.3 Å². The number of nitrogens with one attached hydrogen (secondary N) is 1. The molecule has 0 radical (unpaired) electrons. The fraction of sp³-hybridized carbons (Fsp3) is 0.350. The molecule has 0 aliphatic rings. The van der Waals surface area contributed by atoms with Gasteiger partial charge in [0.05, 0.1) is 22.5 Å². The monoisotopic (exact) mass is 431 g/mol. The summed E-state index contributed by atoms with van der Waals surface area (Å²) in [6.07, 6.45) is 6.61. The Morgan fingerprint density at radius 1 is 1.00 bits per heavy atom. The van der Waals surface area contributed by atoms with Crippen molar-refractivity contribution in [3.05, 3.63) is 68.5 Å². The van der Waals surface area contributed by atoms with Crippen LogP contribution in [-0.2, 0) is 9.53 Å². The number of carbonyl (C=O) groups excluding carboxylic acids is 2. The Bertz CT molecular complexity index is 961. The number of amides is 1. The van der Waals surface area contributed by atoms with Crippen molar-refractivity contribution in [3.8, 4) is 5.69 Å². The highest BCUT2D eigenvalue weighted by atomic mass is 16.6. The van der Waals surface area contributed by atoms with Crippen molar-refractivity contribution in [2.45, 2.75) is 32.1 Å². The molecule has 0 aliphatic heterocycles. The summed E-state index contributed by atoms with van der Waals surface area (Å²) >= 11 is 0. The minimum Gasteiger partial charge on any atom is -0.469 e. The molecule has 11 nitrogen and oxygen atoms in total. The van der Waals surface area contributed by atoms with Crippen molar-refractivity contribution < 1.29 is 28.7 Å². The molecule has 164 valence electrons. The molecule has 1 aromatic carbocycles. The summed E-state index contributed by atoms with van der Waals surface area (Å²) in [6.45, 7) is 0.486. The molecule has 0 aliphatic carbocycles. The van der Waals surface area contributed by atoms with Crippen LogP contribution in [0.1, 0.15) is 42.5 Å². The first-order valence-electron chi connectivity index (χ1n) is 9.63. The number of benzene rings is 1. The summed E-state index contributed by atoms with van der Waals surface area (Å²) in [5.74, 6) is -0.506. The van der Waals surface area contributed by atoms with Gasteiger partial charge in [-0.3, -0.25) is 29.8 Å². The van der Waals surface area contributed by atoms with E-state index in [9.17, 15) is 29.8 Å². The van der Waals surface area contributed by atoms with Gasteiger partial charge in [-0.1, -0.05) is 12.8 Å². The maximum atomic E-state index is 12.2. The number of nitro benzene ring substituents is 2. The second-order valence-electron chi connectivity index (χ2n) is 6.68. The zero-order valence-corrected chi connectivity index (χ0v) is 17.0. The van der Waals surface area contributed by atoms with Crippen LogP contribution in [0.15, 0.2) is 42.7 Å². The molecule has 2 aromatic rings. The van der Waals surface area contributed by atoms with Crippen LogP contribution in [0.25, 0.3) is 5.69 Å². The molecule has 31 heavy (non-hydrogen) atoms. The summed E-state index contributed by atoms with van der Waals surface area (Å²) < 4.78 is 5.99. The van der Waals surface area contributed by atoms with Crippen molar-refractivity contribution in [3.63, 3.8) is 0 Å². The molecule has 11 heteroatoms. The van der Waals surface area contributed by atoms with Crippen molar-refractivity contribution in [1.29, 1.82) is 0 Å². The van der Waals surface area contributed by atoms with Crippen molar-refractivity contribution >= 4 is 23.3 Å². The van der Waals surface area contributed by atoms with Gasteiger partial charge in [0.1, 0.15) is 6.07 Å². The first kappa shape index (κ1) is 23.4. The highest BCUT2D eigenvalue weighted by Gasteiger charge is 2.26. The molecule has 0 fully saturated rings. The standard InChI is InChI=1S/C20H22N4O7/c1-31-19(25)6-4-2-3-5-11-21-20(26)15-9-12-22(13-10-15)17-8-7-16(23(27)28)14-18(17)24(29)30/h7-10,12-14H,2-6,11H2,1H3/p+1. The number of nitrogens with zero attached hydrogens (tertiary/aromatic N) is 3. The van der Waals surface area contributed by atoms with Gasteiger partial charge < -0.3 is 10.1 Å². The molecule has 1 amide bonds. The van der Waals surface area contributed by atoms with E-state index < -0.39 is 15.5 Å². The summed E-state index contributed by atoms with van der Waals surface area (Å²) in [7, 11) is 1.36. The molecule has 0 unspecified atom stereocenters. The highest BCUT2D eigenvalue weighted by Crippen LogP contribution is 2.24. The second-order valence-corrected chi connectivity index (χ2v) is 6.68. The van der Waals surface area contributed by atoms with E-state index in [1.807, 2.05) is 0 Å². The molecule has 0 spiro atoms. The van der Waals surface area contributed by atoms with E-state index in [0.29, 0.717) is 18.5 Å². The van der Waals surface area contributed by atoms with E-state index in [1.54, 1.807) is 0 Å². The summed E-state index contributed by atoms with van der Waals surface area (Å²) in [4.78, 5) is 44.0.